The standard InChI is InChI=1S/C25H40N2O3/c1-3-4-5-6-7-8-9-10-14-18-22(26-21-16-12-11-13-17-21)24(28)27-20-15-19-23(27)25(29)30-2/h11-13,16-17,22-23,26H,3-10,14-15,18-20H2,1-2H3/t22-,23?/m1/s1. The number of anilines is 1. The van der Waals surface area contributed by atoms with Crippen molar-refractivity contribution in [3.05, 3.63) is 30.3 Å². The lowest BCUT2D eigenvalue weighted by molar-refractivity contribution is -0.151. The van der Waals surface area contributed by atoms with E-state index in [9.17, 15) is 9.59 Å². The quantitative estimate of drug-likeness (QED) is 0.319. The predicted molar refractivity (Wildman–Crippen MR) is 122 cm³/mol. The molecular formula is C25H40N2O3. The van der Waals surface area contributed by atoms with Crippen LogP contribution in [0.15, 0.2) is 30.3 Å². The van der Waals surface area contributed by atoms with Gasteiger partial charge in [0.05, 0.1) is 7.11 Å². The van der Waals surface area contributed by atoms with Crippen molar-refractivity contribution < 1.29 is 14.3 Å². The minimum atomic E-state index is -0.439. The highest BCUT2D eigenvalue weighted by Gasteiger charge is 2.37. The second-order valence-corrected chi connectivity index (χ2v) is 8.39. The highest BCUT2D eigenvalue weighted by atomic mass is 16.5. The molecule has 5 nitrogen and oxygen atoms in total. The molecule has 1 aliphatic heterocycles. The van der Waals surface area contributed by atoms with Gasteiger partial charge in [-0.25, -0.2) is 4.79 Å². The fourth-order valence-electron chi connectivity index (χ4n) is 4.26. The topological polar surface area (TPSA) is 58.6 Å². The van der Waals surface area contributed by atoms with Gasteiger partial charge in [-0.3, -0.25) is 4.79 Å². The smallest absolute Gasteiger partial charge is 0.328 e. The minimum absolute atomic E-state index is 0.0197. The number of nitrogens with zero attached hydrogens (tertiary/aromatic N) is 1. The van der Waals surface area contributed by atoms with Crippen LogP contribution >= 0.6 is 0 Å². The van der Waals surface area contributed by atoms with Gasteiger partial charge >= 0.3 is 5.97 Å². The van der Waals surface area contributed by atoms with E-state index in [-0.39, 0.29) is 17.9 Å². The Hall–Kier alpha value is -2.04. The van der Waals surface area contributed by atoms with Gasteiger partial charge in [-0.1, -0.05) is 82.9 Å². The number of hydrogen-bond acceptors (Lipinski definition) is 4. The largest absolute Gasteiger partial charge is 0.467 e. The van der Waals surface area contributed by atoms with Gasteiger partial charge in [0.25, 0.3) is 0 Å². The molecule has 0 saturated carbocycles. The molecule has 1 amide bonds. The molecule has 5 heteroatoms. The molecule has 0 spiro atoms. The second kappa shape index (κ2) is 14.1. The van der Waals surface area contributed by atoms with E-state index in [1.54, 1.807) is 4.90 Å². The molecule has 0 aromatic heterocycles. The molecule has 1 fully saturated rings. The highest BCUT2D eigenvalue weighted by molar-refractivity contribution is 5.89. The van der Waals surface area contributed by atoms with Crippen molar-refractivity contribution >= 4 is 17.6 Å². The van der Waals surface area contributed by atoms with Crippen molar-refractivity contribution in [2.45, 2.75) is 96.1 Å². The Bertz CT molecular complexity index is 620. The monoisotopic (exact) mass is 416 g/mol. The number of unbranched alkanes of at least 4 members (excludes halogenated alkanes) is 8. The van der Waals surface area contributed by atoms with E-state index in [1.807, 2.05) is 30.3 Å². The predicted octanol–water partition coefficient (Wildman–Crippen LogP) is 5.55. The Balaban J connectivity index is 1.86. The molecule has 0 bridgehead atoms. The molecule has 30 heavy (non-hydrogen) atoms. The maximum atomic E-state index is 13.3. The second-order valence-electron chi connectivity index (χ2n) is 8.39. The lowest BCUT2D eigenvalue weighted by atomic mass is 10.0. The molecule has 0 radical (unpaired) electrons. The molecule has 1 N–H and O–H groups in total. The Labute approximate surface area is 182 Å². The van der Waals surface area contributed by atoms with Crippen LogP contribution in [0, 0.1) is 0 Å². The Morgan fingerprint density at radius 1 is 1.03 bits per heavy atom. The fourth-order valence-corrected chi connectivity index (χ4v) is 4.26. The number of benzene rings is 1. The van der Waals surface area contributed by atoms with Gasteiger partial charge in [0.2, 0.25) is 5.91 Å². The van der Waals surface area contributed by atoms with Gasteiger partial charge in [0, 0.05) is 12.2 Å². The first-order valence-electron chi connectivity index (χ1n) is 11.9. The summed E-state index contributed by atoms with van der Waals surface area (Å²) >= 11 is 0. The minimum Gasteiger partial charge on any atom is -0.467 e. The van der Waals surface area contributed by atoms with Crippen molar-refractivity contribution in [2.24, 2.45) is 0 Å². The maximum Gasteiger partial charge on any atom is 0.328 e. The number of carbonyl (C=O) groups excluding carboxylic acids is 2. The summed E-state index contributed by atoms with van der Waals surface area (Å²) in [4.78, 5) is 27.1. The van der Waals surface area contributed by atoms with E-state index < -0.39 is 6.04 Å². The molecule has 168 valence electrons. The summed E-state index contributed by atoms with van der Waals surface area (Å²) in [6.45, 7) is 2.88. The van der Waals surface area contributed by atoms with Crippen molar-refractivity contribution in [3.8, 4) is 0 Å². The number of nitrogens with one attached hydrogen (secondary N) is 1. The van der Waals surface area contributed by atoms with Crippen LogP contribution in [-0.4, -0.2) is 42.5 Å². The normalized spacial score (nSPS) is 17.0. The molecule has 1 heterocycles. The van der Waals surface area contributed by atoms with Crippen molar-refractivity contribution in [1.82, 2.24) is 4.90 Å². The van der Waals surface area contributed by atoms with Gasteiger partial charge in [-0.05, 0) is 31.4 Å². The number of para-hydroxylation sites is 1. The van der Waals surface area contributed by atoms with E-state index in [0.29, 0.717) is 13.0 Å². The summed E-state index contributed by atoms with van der Waals surface area (Å²) in [5.41, 5.74) is 0.945. The molecule has 2 atom stereocenters. The van der Waals surface area contributed by atoms with E-state index >= 15 is 0 Å². The van der Waals surface area contributed by atoms with Gasteiger partial charge in [0.15, 0.2) is 0 Å². The summed E-state index contributed by atoms with van der Waals surface area (Å²) in [5.74, 6) is -0.284. The number of esters is 1. The fraction of sp³-hybridized carbons (Fsp3) is 0.680. The molecule has 1 saturated heterocycles. The molecule has 1 unspecified atom stereocenters. The van der Waals surface area contributed by atoms with Crippen molar-refractivity contribution in [1.29, 1.82) is 0 Å². The van der Waals surface area contributed by atoms with Crippen LogP contribution in [0.5, 0.6) is 0 Å². The van der Waals surface area contributed by atoms with E-state index in [2.05, 4.69) is 12.2 Å². The molecular weight excluding hydrogens is 376 g/mol. The van der Waals surface area contributed by atoms with E-state index in [1.165, 1.54) is 52.1 Å². The zero-order chi connectivity index (χ0) is 21.6. The van der Waals surface area contributed by atoms with Crippen LogP contribution in [-0.2, 0) is 14.3 Å². The lowest BCUT2D eigenvalue weighted by Gasteiger charge is -2.28. The molecule has 1 aromatic carbocycles. The van der Waals surface area contributed by atoms with Crippen LogP contribution in [0.1, 0.15) is 84.0 Å². The molecule has 0 aliphatic carbocycles. The maximum absolute atomic E-state index is 13.3. The van der Waals surface area contributed by atoms with Crippen LogP contribution in [0.25, 0.3) is 0 Å². The Morgan fingerprint density at radius 3 is 2.30 bits per heavy atom. The SMILES string of the molecule is CCCCCCCCCCC[C@@H](Nc1ccccc1)C(=O)N1CCCC1C(=O)OC. The third kappa shape index (κ3) is 8.00. The lowest BCUT2D eigenvalue weighted by Crippen LogP contribution is -2.48. The number of hydrogen-bond donors (Lipinski definition) is 1. The Kier molecular flexibility index (Phi) is 11.3. The van der Waals surface area contributed by atoms with Crippen LogP contribution in [0.4, 0.5) is 5.69 Å². The van der Waals surface area contributed by atoms with Gasteiger partial charge in [-0.15, -0.1) is 0 Å². The summed E-state index contributed by atoms with van der Waals surface area (Å²) in [6, 6.07) is 9.13. The Morgan fingerprint density at radius 2 is 1.67 bits per heavy atom. The number of rotatable bonds is 14. The van der Waals surface area contributed by atoms with Gasteiger partial charge < -0.3 is 15.0 Å². The average molecular weight is 417 g/mol. The number of carbonyl (C=O) groups is 2. The number of methoxy groups -OCH3 is 1. The summed E-state index contributed by atoms with van der Waals surface area (Å²) < 4.78 is 4.92. The van der Waals surface area contributed by atoms with Crippen molar-refractivity contribution in [2.75, 3.05) is 19.0 Å². The summed E-state index contributed by atoms with van der Waals surface area (Å²) in [7, 11) is 1.39. The molecule has 1 aliphatic rings. The highest BCUT2D eigenvalue weighted by Crippen LogP contribution is 2.23. The number of ether oxygens (including phenoxy) is 1. The van der Waals surface area contributed by atoms with Crippen molar-refractivity contribution in [3.63, 3.8) is 0 Å². The van der Waals surface area contributed by atoms with Crippen LogP contribution in [0.2, 0.25) is 0 Å². The average Bonchev–Trinajstić information content (AvgIpc) is 3.27. The third-order valence-electron chi connectivity index (χ3n) is 6.02. The third-order valence-corrected chi connectivity index (χ3v) is 6.02. The summed E-state index contributed by atoms with van der Waals surface area (Å²) in [5, 5.41) is 3.42. The first-order valence-corrected chi connectivity index (χ1v) is 11.9. The first kappa shape index (κ1) is 24.2. The van der Waals surface area contributed by atoms with Crippen LogP contribution in [0.3, 0.4) is 0 Å². The first-order chi connectivity index (χ1) is 14.7. The number of likely N-dealkylation sites (tertiary alicyclic amines) is 1. The van der Waals surface area contributed by atoms with E-state index in [0.717, 1.165) is 31.4 Å². The van der Waals surface area contributed by atoms with E-state index in [4.69, 9.17) is 4.74 Å². The summed E-state index contributed by atoms with van der Waals surface area (Å²) in [6.07, 6.45) is 13.6. The molecule has 2 rings (SSSR count). The van der Waals surface area contributed by atoms with Gasteiger partial charge in [0.1, 0.15) is 12.1 Å². The zero-order valence-corrected chi connectivity index (χ0v) is 18.9. The number of amides is 1. The van der Waals surface area contributed by atoms with Crippen LogP contribution < -0.4 is 5.32 Å². The zero-order valence-electron chi connectivity index (χ0n) is 18.9. The molecule has 1 aromatic rings. The van der Waals surface area contributed by atoms with Gasteiger partial charge in [-0.2, -0.15) is 0 Å².